The summed E-state index contributed by atoms with van der Waals surface area (Å²) in [5.41, 5.74) is 24.1. The molecule has 0 aliphatic carbocycles. The maximum atomic E-state index is 6.36. The second-order valence-electron chi connectivity index (χ2n) is 30.8. The Morgan fingerprint density at radius 1 is 0.208 bits per heavy atom. The van der Waals surface area contributed by atoms with Gasteiger partial charge in [0.05, 0.1) is 37.2 Å². The number of rotatable bonds is 10. The van der Waals surface area contributed by atoms with Crippen molar-refractivity contribution >= 4 is 173 Å². The van der Waals surface area contributed by atoms with Crippen LogP contribution in [0.1, 0.15) is 0 Å². The van der Waals surface area contributed by atoms with E-state index in [4.69, 9.17) is 57.5 Å². The largest absolute Gasteiger partial charge is 0.450 e. The summed E-state index contributed by atoms with van der Waals surface area (Å²) in [6, 6.07) is 130. The van der Waals surface area contributed by atoms with Gasteiger partial charge < -0.3 is 22.2 Å². The van der Waals surface area contributed by atoms with E-state index in [0.717, 1.165) is 149 Å². The number of thiophene rings is 2. The van der Waals surface area contributed by atoms with E-state index in [1.807, 2.05) is 223 Å². The molecule has 0 saturated carbocycles. The normalized spacial score (nSPS) is 11.8. The van der Waals surface area contributed by atoms with Crippen LogP contribution in [0.4, 0.5) is 0 Å². The van der Waals surface area contributed by atoms with E-state index in [0.29, 0.717) is 46.2 Å². The quantitative estimate of drug-likeness (QED) is 0.119. The summed E-state index contributed by atoms with van der Waals surface area (Å²) < 4.78 is 37.3. The Labute approximate surface area is 718 Å². The molecule has 125 heavy (non-hydrogen) atoms. The molecule has 0 saturated heterocycles. The van der Waals surface area contributed by atoms with Crippen molar-refractivity contribution < 1.29 is 17.7 Å². The predicted octanol–water partition coefficient (Wildman–Crippen LogP) is 28.9. The van der Waals surface area contributed by atoms with Crippen molar-refractivity contribution in [2.75, 3.05) is 0 Å². The van der Waals surface area contributed by atoms with Crippen LogP contribution in [-0.2, 0) is 0 Å². The van der Waals surface area contributed by atoms with E-state index in [-0.39, 0.29) is 0 Å². The molecule has 27 rings (SSSR count). The Morgan fingerprint density at radius 2 is 0.512 bits per heavy atom. The molecule has 0 spiro atoms. The first kappa shape index (κ1) is 71.3. The third-order valence-corrected chi connectivity index (χ3v) is 25.9. The summed E-state index contributed by atoms with van der Waals surface area (Å²) in [6.45, 7) is 0. The molecule has 0 unspecified atom stereocenters. The summed E-state index contributed by atoms with van der Waals surface area (Å²) in [6.07, 6.45) is 0. The zero-order valence-electron chi connectivity index (χ0n) is 66.2. The molecule has 14 aromatic carbocycles. The lowest BCUT2D eigenvalue weighted by atomic mass is 10.0. The van der Waals surface area contributed by atoms with Crippen LogP contribution in [0.5, 0.6) is 0 Å². The van der Waals surface area contributed by atoms with E-state index >= 15 is 0 Å². The number of nitrogens with zero attached hydrogens (tertiary/aromatic N) is 11. The van der Waals surface area contributed by atoms with Gasteiger partial charge in [-0.1, -0.05) is 279 Å². The zero-order valence-corrected chi connectivity index (χ0v) is 67.9. The van der Waals surface area contributed by atoms with Crippen molar-refractivity contribution in [2.45, 2.75) is 0 Å². The Hall–Kier alpha value is -16.6. The number of pyridine rings is 2. The van der Waals surface area contributed by atoms with Gasteiger partial charge in [-0.3, -0.25) is 9.13 Å². The third-order valence-electron chi connectivity index (χ3n) is 23.4. The van der Waals surface area contributed by atoms with Crippen LogP contribution >= 0.6 is 22.7 Å². The molecule has 15 nitrogen and oxygen atoms in total. The minimum absolute atomic E-state index is 0.505. The molecular formula is C108H63N11O4S2. The molecule has 0 atom stereocenters. The van der Waals surface area contributed by atoms with Crippen molar-refractivity contribution in [3.05, 3.63) is 382 Å². The van der Waals surface area contributed by atoms with Crippen molar-refractivity contribution in [3.63, 3.8) is 0 Å². The average molecular weight is 1640 g/mol. The molecule has 13 aromatic heterocycles. The fraction of sp³-hybridized carbons (Fsp3) is 0. The van der Waals surface area contributed by atoms with Gasteiger partial charge in [0, 0.05) is 91.6 Å². The molecule has 0 radical (unpaired) electrons. The Morgan fingerprint density at radius 3 is 0.928 bits per heavy atom. The van der Waals surface area contributed by atoms with Gasteiger partial charge >= 0.3 is 0 Å². The zero-order chi connectivity index (χ0) is 82.2. The van der Waals surface area contributed by atoms with Crippen LogP contribution in [0.3, 0.4) is 0 Å². The summed E-state index contributed by atoms with van der Waals surface area (Å²) in [4.78, 5) is 40.1. The molecule has 0 aliphatic rings. The molecule has 0 amide bonds. The smallest absolute Gasteiger partial charge is 0.239 e. The van der Waals surface area contributed by atoms with Crippen molar-refractivity contribution in [1.82, 2.24) is 53.6 Å². The van der Waals surface area contributed by atoms with Crippen LogP contribution in [0.2, 0.25) is 0 Å². The van der Waals surface area contributed by atoms with E-state index in [2.05, 4.69) is 196 Å². The number of benzene rings is 14. The first-order chi connectivity index (χ1) is 62.0. The van der Waals surface area contributed by atoms with Crippen LogP contribution < -0.4 is 0 Å². The molecule has 0 fully saturated rings. The second-order valence-corrected chi connectivity index (χ2v) is 32.9. The number of furan rings is 4. The van der Waals surface area contributed by atoms with Gasteiger partial charge in [-0.2, -0.15) is 9.97 Å². The predicted molar refractivity (Wildman–Crippen MR) is 508 cm³/mol. The topological polar surface area (TPSA) is 170 Å². The van der Waals surface area contributed by atoms with E-state index in [1.165, 1.54) is 51.7 Å². The molecule has 0 bridgehead atoms. The average Bonchev–Trinajstić information content (AvgIpc) is 1.55. The van der Waals surface area contributed by atoms with E-state index in [1.54, 1.807) is 0 Å². The van der Waals surface area contributed by atoms with E-state index in [9.17, 15) is 0 Å². The molecule has 27 aromatic rings. The van der Waals surface area contributed by atoms with Crippen LogP contribution in [-0.4, -0.2) is 53.6 Å². The summed E-state index contributed by atoms with van der Waals surface area (Å²) in [7, 11) is 0. The maximum Gasteiger partial charge on any atom is 0.239 e. The molecule has 0 aliphatic heterocycles. The third kappa shape index (κ3) is 11.9. The van der Waals surface area contributed by atoms with Gasteiger partial charge in [-0.25, -0.2) is 29.9 Å². The van der Waals surface area contributed by atoms with Crippen molar-refractivity contribution in [2.24, 2.45) is 0 Å². The van der Waals surface area contributed by atoms with Crippen molar-refractivity contribution in [3.8, 4) is 96.8 Å². The molecule has 13 heterocycles. The fourth-order valence-corrected chi connectivity index (χ4v) is 20.1. The number of para-hydroxylation sites is 4. The molecule has 0 N–H and O–H groups in total. The molecule has 586 valence electrons. The molecule has 17 heteroatoms. The van der Waals surface area contributed by atoms with E-state index < -0.39 is 0 Å². The lowest BCUT2D eigenvalue weighted by Gasteiger charge is -2.11. The highest BCUT2D eigenvalue weighted by Gasteiger charge is 2.30. The Balaban J connectivity index is 0.000000103. The highest BCUT2D eigenvalue weighted by atomic mass is 32.1. The van der Waals surface area contributed by atoms with Gasteiger partial charge in [0.2, 0.25) is 5.95 Å². The summed E-state index contributed by atoms with van der Waals surface area (Å²) in [5, 5.41) is 8.71. The lowest BCUT2D eigenvalue weighted by Crippen LogP contribution is -2.06. The first-order valence-corrected chi connectivity index (χ1v) is 42.8. The second kappa shape index (κ2) is 29.1. The Bertz CT molecular complexity index is 8540. The van der Waals surface area contributed by atoms with Gasteiger partial charge in [0.25, 0.3) is 0 Å². The SMILES string of the molecule is c1ccc(-c2ccc(-c3ccc4ccc5ccc(-n6c7c8ccccc8sc7c7sc8ccccc8c76)nc5c4n3)cc2)cc1.c1ccc(-c2nc(-c3ccccc3)nc(-c3ccc(-n4c5c6ccccc6oc5c5oc6ccccc6c54)cc3)n2)cc1.c1ccc(-c2nc(-c3ccccc3)nc(-n3c4c5ccccc5oc4c4oc5ccccc5c43)n2)cc1. The first-order valence-electron chi connectivity index (χ1n) is 41.2. The van der Waals surface area contributed by atoms with Gasteiger partial charge in [-0.15, -0.1) is 22.7 Å². The monoisotopic (exact) mass is 1640 g/mol. The minimum Gasteiger partial charge on any atom is -0.450 e. The fourth-order valence-electron chi connectivity index (χ4n) is 17.6. The number of hydrogen-bond donors (Lipinski definition) is 0. The number of fused-ring (bicyclic) bond motifs is 24. The molecular weight excluding hydrogens is 1580 g/mol. The van der Waals surface area contributed by atoms with Gasteiger partial charge in [0.15, 0.2) is 51.5 Å². The Kier molecular flexibility index (Phi) is 16.6. The van der Waals surface area contributed by atoms with Gasteiger partial charge in [0.1, 0.15) is 50.2 Å². The highest BCUT2D eigenvalue weighted by Crippen LogP contribution is 2.50. The van der Waals surface area contributed by atoms with Crippen LogP contribution in [0.15, 0.2) is 400 Å². The van der Waals surface area contributed by atoms with Crippen molar-refractivity contribution in [1.29, 1.82) is 0 Å². The summed E-state index contributed by atoms with van der Waals surface area (Å²) in [5.74, 6) is 4.51. The standard InChI is InChI=1S/C40H23N3S2.C37H22N4O2.C31H18N4O2/c1-2-8-24(9-3-1)25-14-16-26(17-15-25)31-22-20-27-18-19-28-21-23-34(42-36(28)35(27)41-31)43-37-29-10-4-6-12-32(29)44-39(37)40-38(43)30-11-5-7-13-33(30)45-40;1-3-11-23(12-4-1)35-38-36(24-13-5-2-6-14-24)40-37(39-35)25-19-21-26(22-20-25)41-31-27-15-7-9-17-29(27)42-33(31)34-32(41)28-16-8-10-18-30(28)43-34;1-3-11-19(12-4-1)29-32-30(20-13-5-2-6-14-20)34-31(33-29)35-25-21-15-7-9-17-23(21)36-27(25)28-26(35)22-16-8-10-18-24(22)37-28/h1-23H;1-22H;1-18H. The van der Waals surface area contributed by atoms with Gasteiger partial charge in [-0.05, 0) is 114 Å². The summed E-state index contributed by atoms with van der Waals surface area (Å²) >= 11 is 3.75. The lowest BCUT2D eigenvalue weighted by molar-refractivity contribution is 0.634. The van der Waals surface area contributed by atoms with Crippen LogP contribution in [0, 0.1) is 0 Å². The number of hydrogen-bond acceptors (Lipinski definition) is 14. The number of aromatic nitrogens is 11. The minimum atomic E-state index is 0.505. The highest BCUT2D eigenvalue weighted by molar-refractivity contribution is 7.33. The van der Waals surface area contributed by atoms with Crippen LogP contribution in [0.25, 0.3) is 247 Å². The maximum absolute atomic E-state index is 6.36.